The van der Waals surface area contributed by atoms with Gasteiger partial charge in [0.1, 0.15) is 11.6 Å². The molecule has 0 atom stereocenters. The Morgan fingerprint density at radius 3 is 2.32 bits per heavy atom. The van der Waals surface area contributed by atoms with Crippen molar-refractivity contribution in [2.24, 2.45) is 0 Å². The molecule has 0 aliphatic heterocycles. The van der Waals surface area contributed by atoms with Crippen molar-refractivity contribution in [3.05, 3.63) is 58.3 Å². The largest absolute Gasteiger partial charge is 0.496 e. The minimum absolute atomic E-state index is 0.810. The summed E-state index contributed by atoms with van der Waals surface area (Å²) >= 11 is 3.56. The molecule has 25 heavy (non-hydrogen) atoms. The fourth-order valence-electron chi connectivity index (χ4n) is 3.07. The molecule has 3 rings (SSSR count). The lowest BCUT2D eigenvalue weighted by molar-refractivity contribution is 0.412. The molecule has 0 fully saturated rings. The summed E-state index contributed by atoms with van der Waals surface area (Å²) in [7, 11) is 5.79. The fourth-order valence-corrected chi connectivity index (χ4v) is 3.61. The van der Waals surface area contributed by atoms with Gasteiger partial charge in [0.2, 0.25) is 0 Å². The predicted molar refractivity (Wildman–Crippen MR) is 107 cm³/mol. The SMILES string of the molecule is COc1ccc(-c2nccn2-c2c(C)cc(N(C)C)cc2C)cc1Br. The van der Waals surface area contributed by atoms with E-state index in [0.717, 1.165) is 21.6 Å². The second kappa shape index (κ2) is 6.92. The van der Waals surface area contributed by atoms with Crippen molar-refractivity contribution < 1.29 is 4.74 Å². The highest BCUT2D eigenvalue weighted by atomic mass is 79.9. The predicted octanol–water partition coefficient (Wildman–Crippen LogP) is 4.99. The highest BCUT2D eigenvalue weighted by Crippen LogP contribution is 2.33. The fraction of sp³-hybridized carbons (Fsp3) is 0.250. The minimum atomic E-state index is 0.810. The van der Waals surface area contributed by atoms with E-state index in [1.54, 1.807) is 7.11 Å². The molecule has 0 unspecified atom stereocenters. The maximum atomic E-state index is 5.33. The number of hydrogen-bond acceptors (Lipinski definition) is 3. The second-order valence-corrected chi connectivity index (χ2v) is 7.15. The number of imidazole rings is 1. The van der Waals surface area contributed by atoms with Crippen LogP contribution in [0.1, 0.15) is 11.1 Å². The maximum absolute atomic E-state index is 5.33. The number of ether oxygens (including phenoxy) is 1. The molecule has 1 heterocycles. The Labute approximate surface area is 157 Å². The van der Waals surface area contributed by atoms with Gasteiger partial charge in [-0.3, -0.25) is 4.57 Å². The molecular weight excluding hydrogens is 378 g/mol. The number of halogens is 1. The summed E-state index contributed by atoms with van der Waals surface area (Å²) in [5.41, 5.74) is 5.84. The monoisotopic (exact) mass is 399 g/mol. The van der Waals surface area contributed by atoms with E-state index in [1.165, 1.54) is 22.5 Å². The van der Waals surface area contributed by atoms with Crippen molar-refractivity contribution in [2.75, 3.05) is 26.1 Å². The number of anilines is 1. The summed E-state index contributed by atoms with van der Waals surface area (Å²) in [6.07, 6.45) is 3.85. The van der Waals surface area contributed by atoms with Crippen LogP contribution in [0.4, 0.5) is 5.69 Å². The number of rotatable bonds is 4. The van der Waals surface area contributed by atoms with E-state index in [2.05, 4.69) is 70.5 Å². The number of hydrogen-bond donors (Lipinski definition) is 0. The number of nitrogens with zero attached hydrogens (tertiary/aromatic N) is 3. The average Bonchev–Trinajstić information content (AvgIpc) is 3.03. The molecule has 0 aliphatic carbocycles. The second-order valence-electron chi connectivity index (χ2n) is 6.29. The van der Waals surface area contributed by atoms with Crippen LogP contribution in [0.2, 0.25) is 0 Å². The van der Waals surface area contributed by atoms with E-state index in [0.29, 0.717) is 0 Å². The molecule has 0 N–H and O–H groups in total. The van der Waals surface area contributed by atoms with Crippen LogP contribution in [0.3, 0.4) is 0 Å². The Balaban J connectivity index is 2.13. The van der Waals surface area contributed by atoms with Gasteiger partial charge in [0.05, 0.1) is 17.3 Å². The Morgan fingerprint density at radius 2 is 1.76 bits per heavy atom. The minimum Gasteiger partial charge on any atom is -0.496 e. The van der Waals surface area contributed by atoms with Crippen molar-refractivity contribution in [3.8, 4) is 22.8 Å². The van der Waals surface area contributed by atoms with E-state index in [4.69, 9.17) is 4.74 Å². The van der Waals surface area contributed by atoms with Crippen LogP contribution >= 0.6 is 15.9 Å². The normalized spacial score (nSPS) is 10.8. The third-order valence-corrected chi connectivity index (χ3v) is 4.90. The van der Waals surface area contributed by atoms with Gasteiger partial charge < -0.3 is 9.64 Å². The molecular formula is C20H22BrN3O. The summed E-state index contributed by atoms with van der Waals surface area (Å²) in [6, 6.07) is 10.4. The third kappa shape index (κ3) is 3.29. The molecule has 1 aromatic heterocycles. The molecule has 0 spiro atoms. The molecule has 0 saturated carbocycles. The van der Waals surface area contributed by atoms with Crippen LogP contribution in [0.15, 0.2) is 47.2 Å². The van der Waals surface area contributed by atoms with Gasteiger partial charge in [0.25, 0.3) is 0 Å². The lowest BCUT2D eigenvalue weighted by atomic mass is 10.1. The average molecular weight is 400 g/mol. The van der Waals surface area contributed by atoms with Crippen molar-refractivity contribution in [2.45, 2.75) is 13.8 Å². The molecule has 130 valence electrons. The van der Waals surface area contributed by atoms with E-state index in [9.17, 15) is 0 Å². The first-order chi connectivity index (χ1) is 11.9. The topological polar surface area (TPSA) is 30.3 Å². The zero-order chi connectivity index (χ0) is 18.1. The zero-order valence-corrected chi connectivity index (χ0v) is 16.8. The van der Waals surface area contributed by atoms with Crippen LogP contribution in [0, 0.1) is 13.8 Å². The lowest BCUT2D eigenvalue weighted by Crippen LogP contribution is -2.10. The molecule has 0 bridgehead atoms. The number of methoxy groups -OCH3 is 1. The molecule has 2 aromatic carbocycles. The zero-order valence-electron chi connectivity index (χ0n) is 15.2. The summed E-state index contributed by atoms with van der Waals surface area (Å²) in [5.74, 6) is 1.72. The summed E-state index contributed by atoms with van der Waals surface area (Å²) < 4.78 is 8.39. The van der Waals surface area contributed by atoms with Gasteiger partial charge in [-0.2, -0.15) is 0 Å². The number of benzene rings is 2. The molecule has 5 heteroatoms. The Bertz CT molecular complexity index is 892. The quantitative estimate of drug-likeness (QED) is 0.618. The van der Waals surface area contributed by atoms with E-state index >= 15 is 0 Å². The molecule has 0 saturated heterocycles. The van der Waals surface area contributed by atoms with E-state index < -0.39 is 0 Å². The highest BCUT2D eigenvalue weighted by molar-refractivity contribution is 9.10. The smallest absolute Gasteiger partial charge is 0.144 e. The molecule has 0 radical (unpaired) electrons. The van der Waals surface area contributed by atoms with E-state index in [-0.39, 0.29) is 0 Å². The van der Waals surface area contributed by atoms with Crippen LogP contribution in [-0.2, 0) is 0 Å². The van der Waals surface area contributed by atoms with Gasteiger partial charge in [-0.1, -0.05) is 0 Å². The van der Waals surface area contributed by atoms with Crippen molar-refractivity contribution >= 4 is 21.6 Å². The van der Waals surface area contributed by atoms with Gasteiger partial charge >= 0.3 is 0 Å². The van der Waals surface area contributed by atoms with Gasteiger partial charge in [-0.05, 0) is 71.2 Å². The first kappa shape index (κ1) is 17.5. The molecule has 0 aliphatic rings. The van der Waals surface area contributed by atoms with Gasteiger partial charge in [0.15, 0.2) is 0 Å². The van der Waals surface area contributed by atoms with Gasteiger partial charge in [-0.15, -0.1) is 0 Å². The molecule has 3 aromatic rings. The first-order valence-electron chi connectivity index (χ1n) is 8.08. The van der Waals surface area contributed by atoms with Crippen LogP contribution < -0.4 is 9.64 Å². The first-order valence-corrected chi connectivity index (χ1v) is 8.88. The Kier molecular flexibility index (Phi) is 4.86. The third-order valence-electron chi connectivity index (χ3n) is 4.28. The maximum Gasteiger partial charge on any atom is 0.144 e. The van der Waals surface area contributed by atoms with Gasteiger partial charge in [-0.25, -0.2) is 4.98 Å². The molecule has 4 nitrogen and oxygen atoms in total. The van der Waals surface area contributed by atoms with E-state index in [1.807, 2.05) is 30.6 Å². The van der Waals surface area contributed by atoms with Crippen molar-refractivity contribution in [1.29, 1.82) is 0 Å². The van der Waals surface area contributed by atoms with Crippen molar-refractivity contribution in [3.63, 3.8) is 0 Å². The standard InChI is InChI=1S/C20H22BrN3O/c1-13-10-16(23(3)4)11-14(2)19(13)24-9-8-22-20(24)15-6-7-18(25-5)17(21)12-15/h6-12H,1-5H3. The summed E-state index contributed by atoms with van der Waals surface area (Å²) in [6.45, 7) is 4.28. The number of aryl methyl sites for hydroxylation is 2. The summed E-state index contributed by atoms with van der Waals surface area (Å²) in [4.78, 5) is 6.71. The molecule has 0 amide bonds. The Hall–Kier alpha value is -2.27. The van der Waals surface area contributed by atoms with Crippen LogP contribution in [0.25, 0.3) is 17.1 Å². The van der Waals surface area contributed by atoms with Gasteiger partial charge in [0, 0.05) is 37.7 Å². The van der Waals surface area contributed by atoms with Crippen LogP contribution in [0.5, 0.6) is 5.75 Å². The van der Waals surface area contributed by atoms with Crippen LogP contribution in [-0.4, -0.2) is 30.8 Å². The highest BCUT2D eigenvalue weighted by Gasteiger charge is 2.14. The lowest BCUT2D eigenvalue weighted by Gasteiger charge is -2.19. The summed E-state index contributed by atoms with van der Waals surface area (Å²) in [5, 5.41) is 0. The number of aromatic nitrogens is 2. The Morgan fingerprint density at radius 1 is 1.08 bits per heavy atom. The van der Waals surface area contributed by atoms with Crippen molar-refractivity contribution in [1.82, 2.24) is 9.55 Å².